The third-order valence-electron chi connectivity index (χ3n) is 1.74. The Labute approximate surface area is 90.3 Å². The van der Waals surface area contributed by atoms with Crippen LogP contribution < -0.4 is 5.73 Å². The van der Waals surface area contributed by atoms with Crippen molar-refractivity contribution in [2.75, 3.05) is 0 Å². The van der Waals surface area contributed by atoms with Gasteiger partial charge in [-0.15, -0.1) is 11.8 Å². The number of nitrogens with zero attached hydrogens (tertiary/aromatic N) is 1. The largest absolute Gasteiger partial charge is 0.328 e. The minimum Gasteiger partial charge on any atom is -0.328 e. The first-order valence-corrected chi connectivity index (χ1v) is 5.83. The highest BCUT2D eigenvalue weighted by Gasteiger charge is 2.07. The van der Waals surface area contributed by atoms with Crippen LogP contribution in [0.3, 0.4) is 0 Å². The van der Waals surface area contributed by atoms with Crippen LogP contribution in [-0.4, -0.2) is 16.3 Å². The van der Waals surface area contributed by atoms with Crippen molar-refractivity contribution in [1.82, 2.24) is 4.98 Å². The van der Waals surface area contributed by atoms with Gasteiger partial charge in [0.25, 0.3) is 0 Å². The molecule has 0 amide bonds. The first kappa shape index (κ1) is 11.5. The summed E-state index contributed by atoms with van der Waals surface area (Å²) < 4.78 is 0. The Morgan fingerprint density at radius 2 is 2.14 bits per heavy atom. The molecule has 3 heteroatoms. The zero-order valence-electron chi connectivity index (χ0n) is 9.03. The number of pyridine rings is 1. The molecule has 1 unspecified atom stereocenters. The second-order valence-corrected chi connectivity index (χ2v) is 5.38. The van der Waals surface area contributed by atoms with Crippen LogP contribution in [0, 0.1) is 0 Å². The quantitative estimate of drug-likeness (QED) is 0.776. The molecular formula is C11H18N2S. The average Bonchev–Trinajstić information content (AvgIpc) is 2.06. The van der Waals surface area contributed by atoms with E-state index in [0.717, 1.165) is 11.4 Å². The highest BCUT2D eigenvalue weighted by Crippen LogP contribution is 2.24. The molecule has 1 heterocycles. The summed E-state index contributed by atoms with van der Waals surface area (Å²) in [6, 6.07) is 4.29. The van der Waals surface area contributed by atoms with Gasteiger partial charge in [-0.1, -0.05) is 19.9 Å². The van der Waals surface area contributed by atoms with E-state index in [1.54, 1.807) is 11.8 Å². The predicted octanol–water partition coefficient (Wildman–Crippen LogP) is 2.47. The maximum absolute atomic E-state index is 5.79. The molecule has 0 fully saturated rings. The second kappa shape index (κ2) is 5.37. The molecular weight excluding hydrogens is 192 g/mol. The molecule has 1 atom stereocenters. The molecule has 1 rings (SSSR count). The second-order valence-electron chi connectivity index (χ2n) is 3.82. The zero-order chi connectivity index (χ0) is 10.6. The zero-order valence-corrected chi connectivity index (χ0v) is 9.84. The van der Waals surface area contributed by atoms with Crippen molar-refractivity contribution >= 4 is 11.8 Å². The highest BCUT2D eigenvalue weighted by atomic mass is 32.2. The van der Waals surface area contributed by atoms with Crippen LogP contribution >= 0.6 is 11.8 Å². The number of hydrogen-bond acceptors (Lipinski definition) is 3. The minimum atomic E-state index is 0.200. The molecule has 0 radical (unpaired) electrons. The molecule has 0 aliphatic heterocycles. The van der Waals surface area contributed by atoms with Gasteiger partial charge in [0.05, 0.1) is 5.03 Å². The van der Waals surface area contributed by atoms with Gasteiger partial charge in [-0.3, -0.25) is 0 Å². The smallest absolute Gasteiger partial charge is 0.0994 e. The van der Waals surface area contributed by atoms with Crippen LogP contribution in [0.1, 0.15) is 26.3 Å². The van der Waals surface area contributed by atoms with Crippen molar-refractivity contribution in [3.8, 4) is 0 Å². The van der Waals surface area contributed by atoms with Crippen molar-refractivity contribution in [2.24, 2.45) is 5.73 Å². The average molecular weight is 210 g/mol. The van der Waals surface area contributed by atoms with Gasteiger partial charge < -0.3 is 5.73 Å². The lowest BCUT2D eigenvalue weighted by Crippen LogP contribution is -2.18. The van der Waals surface area contributed by atoms with E-state index in [2.05, 4.69) is 24.9 Å². The molecule has 1 aromatic rings. The van der Waals surface area contributed by atoms with E-state index in [0.29, 0.717) is 5.25 Å². The van der Waals surface area contributed by atoms with Gasteiger partial charge in [-0.25, -0.2) is 4.98 Å². The summed E-state index contributed by atoms with van der Waals surface area (Å²) in [6.07, 6.45) is 2.75. The van der Waals surface area contributed by atoms with Crippen LogP contribution in [-0.2, 0) is 6.42 Å². The summed E-state index contributed by atoms with van der Waals surface area (Å²) in [5.74, 6) is 0. The Morgan fingerprint density at radius 1 is 1.43 bits per heavy atom. The highest BCUT2D eigenvalue weighted by molar-refractivity contribution is 7.99. The van der Waals surface area contributed by atoms with Crippen LogP contribution in [0.2, 0.25) is 0 Å². The fraction of sp³-hybridized carbons (Fsp3) is 0.545. The van der Waals surface area contributed by atoms with Crippen LogP contribution in [0.25, 0.3) is 0 Å². The molecule has 78 valence electrons. The standard InChI is InChI=1S/C11H18N2S/c1-8(2)14-11-10(7-9(3)12)5-4-6-13-11/h4-6,8-9H,7,12H2,1-3H3. The van der Waals surface area contributed by atoms with Gasteiger partial charge in [-0.2, -0.15) is 0 Å². The molecule has 0 aliphatic rings. The number of aromatic nitrogens is 1. The Kier molecular flexibility index (Phi) is 4.42. The Bertz CT molecular complexity index is 255. The summed E-state index contributed by atoms with van der Waals surface area (Å²) in [4.78, 5) is 4.38. The van der Waals surface area contributed by atoms with E-state index in [1.807, 2.05) is 19.2 Å². The number of thioether (sulfide) groups is 1. The summed E-state index contributed by atoms with van der Waals surface area (Å²) >= 11 is 1.80. The molecule has 0 aromatic carbocycles. The molecule has 0 saturated heterocycles. The lowest BCUT2D eigenvalue weighted by molar-refractivity contribution is 0.722. The van der Waals surface area contributed by atoms with E-state index >= 15 is 0 Å². The van der Waals surface area contributed by atoms with Gasteiger partial charge in [-0.05, 0) is 25.0 Å². The Morgan fingerprint density at radius 3 is 2.71 bits per heavy atom. The number of rotatable bonds is 4. The van der Waals surface area contributed by atoms with Gasteiger partial charge in [0.1, 0.15) is 0 Å². The van der Waals surface area contributed by atoms with Gasteiger partial charge >= 0.3 is 0 Å². The van der Waals surface area contributed by atoms with E-state index in [1.165, 1.54) is 5.56 Å². The van der Waals surface area contributed by atoms with Crippen molar-refractivity contribution < 1.29 is 0 Å². The topological polar surface area (TPSA) is 38.9 Å². The van der Waals surface area contributed by atoms with Gasteiger partial charge in [0.15, 0.2) is 0 Å². The summed E-state index contributed by atoms with van der Waals surface area (Å²) in [5, 5.41) is 1.69. The van der Waals surface area contributed by atoms with Crippen LogP contribution in [0.15, 0.2) is 23.4 Å². The molecule has 0 bridgehead atoms. The monoisotopic (exact) mass is 210 g/mol. The molecule has 2 nitrogen and oxygen atoms in total. The van der Waals surface area contributed by atoms with Gasteiger partial charge in [0, 0.05) is 17.5 Å². The molecule has 0 spiro atoms. The number of nitrogens with two attached hydrogens (primary N) is 1. The summed E-state index contributed by atoms with van der Waals surface area (Å²) in [7, 11) is 0. The maximum atomic E-state index is 5.79. The minimum absolute atomic E-state index is 0.200. The lowest BCUT2D eigenvalue weighted by atomic mass is 10.1. The third kappa shape index (κ3) is 3.68. The lowest BCUT2D eigenvalue weighted by Gasteiger charge is -2.11. The third-order valence-corrected chi connectivity index (χ3v) is 2.80. The van der Waals surface area contributed by atoms with Crippen molar-refractivity contribution in [2.45, 2.75) is 43.5 Å². The van der Waals surface area contributed by atoms with E-state index < -0.39 is 0 Å². The Balaban J connectivity index is 2.80. The van der Waals surface area contributed by atoms with Crippen LogP contribution in [0.5, 0.6) is 0 Å². The molecule has 0 saturated carbocycles. The van der Waals surface area contributed by atoms with Gasteiger partial charge in [0.2, 0.25) is 0 Å². The number of hydrogen-bond donors (Lipinski definition) is 1. The van der Waals surface area contributed by atoms with Crippen molar-refractivity contribution in [3.05, 3.63) is 23.9 Å². The SMILES string of the molecule is CC(N)Cc1cccnc1SC(C)C. The normalized spacial score (nSPS) is 13.2. The molecule has 2 N–H and O–H groups in total. The summed E-state index contributed by atoms with van der Waals surface area (Å²) in [5.41, 5.74) is 7.05. The Hall–Kier alpha value is -0.540. The first-order valence-electron chi connectivity index (χ1n) is 4.95. The fourth-order valence-electron chi connectivity index (χ4n) is 1.26. The van der Waals surface area contributed by atoms with Crippen molar-refractivity contribution in [3.63, 3.8) is 0 Å². The fourth-order valence-corrected chi connectivity index (χ4v) is 2.13. The van der Waals surface area contributed by atoms with E-state index in [4.69, 9.17) is 5.73 Å². The molecule has 14 heavy (non-hydrogen) atoms. The van der Waals surface area contributed by atoms with Crippen molar-refractivity contribution in [1.29, 1.82) is 0 Å². The van der Waals surface area contributed by atoms with Crippen LogP contribution in [0.4, 0.5) is 0 Å². The predicted molar refractivity (Wildman–Crippen MR) is 62.6 cm³/mol. The maximum Gasteiger partial charge on any atom is 0.0994 e. The van der Waals surface area contributed by atoms with E-state index in [-0.39, 0.29) is 6.04 Å². The molecule has 1 aromatic heterocycles. The molecule has 0 aliphatic carbocycles. The van der Waals surface area contributed by atoms with E-state index in [9.17, 15) is 0 Å². The summed E-state index contributed by atoms with van der Waals surface area (Å²) in [6.45, 7) is 6.38. The first-order chi connectivity index (χ1) is 6.59.